The third kappa shape index (κ3) is 3.42. The lowest BCUT2D eigenvalue weighted by Gasteiger charge is -2.27. The molecule has 0 bridgehead atoms. The summed E-state index contributed by atoms with van der Waals surface area (Å²) in [5.41, 5.74) is 0. The molecule has 0 aromatic heterocycles. The molecule has 1 fully saturated rings. The Morgan fingerprint density at radius 3 is 2.12 bits per heavy atom. The van der Waals surface area contributed by atoms with E-state index in [4.69, 9.17) is 5.11 Å². The summed E-state index contributed by atoms with van der Waals surface area (Å²) in [6.45, 7) is 1.23. The second kappa shape index (κ2) is 5.82. The average Bonchev–Trinajstić information content (AvgIpc) is 2.55. The first-order chi connectivity index (χ1) is 7.87. The summed E-state index contributed by atoms with van der Waals surface area (Å²) >= 11 is 0. The number of rotatable bonds is 4. The predicted octanol–water partition coefficient (Wildman–Crippen LogP) is 1.44. The van der Waals surface area contributed by atoms with Crippen LogP contribution in [0.2, 0.25) is 0 Å². The molecule has 5 nitrogen and oxygen atoms in total. The molecule has 17 heavy (non-hydrogen) atoms. The van der Waals surface area contributed by atoms with Crippen molar-refractivity contribution in [1.29, 1.82) is 0 Å². The van der Waals surface area contributed by atoms with Crippen LogP contribution in [0.1, 0.15) is 45.4 Å². The van der Waals surface area contributed by atoms with E-state index in [0.717, 1.165) is 38.5 Å². The Labute approximate surface area is 103 Å². The standard InChI is InChI=1S/C11H21NO4S/c1-9(11(13)14)17(15,16)12(2)10-7-5-3-4-6-8-10/h9-10H,3-8H2,1-2H3,(H,13,14). The first-order valence-corrected chi connectivity index (χ1v) is 7.57. The lowest BCUT2D eigenvalue weighted by Crippen LogP contribution is -2.44. The Hall–Kier alpha value is -0.620. The van der Waals surface area contributed by atoms with Crippen LogP contribution in [0.15, 0.2) is 0 Å². The van der Waals surface area contributed by atoms with E-state index in [1.54, 1.807) is 0 Å². The first kappa shape index (κ1) is 14.4. The van der Waals surface area contributed by atoms with Gasteiger partial charge in [0.1, 0.15) is 0 Å². The lowest BCUT2D eigenvalue weighted by atomic mass is 10.1. The SMILES string of the molecule is CC(C(=O)O)S(=O)(=O)N(C)C1CCCCCC1. The van der Waals surface area contributed by atoms with Crippen molar-refractivity contribution in [3.05, 3.63) is 0 Å². The van der Waals surface area contributed by atoms with Crippen molar-refractivity contribution in [2.24, 2.45) is 0 Å². The second-order valence-corrected chi connectivity index (χ2v) is 7.00. The zero-order valence-corrected chi connectivity index (χ0v) is 11.2. The quantitative estimate of drug-likeness (QED) is 0.779. The largest absolute Gasteiger partial charge is 0.480 e. The van der Waals surface area contributed by atoms with Crippen molar-refractivity contribution in [1.82, 2.24) is 4.31 Å². The van der Waals surface area contributed by atoms with Crippen LogP contribution in [0, 0.1) is 0 Å². The highest BCUT2D eigenvalue weighted by atomic mass is 32.2. The zero-order valence-electron chi connectivity index (χ0n) is 10.4. The minimum absolute atomic E-state index is 0.0377. The van der Waals surface area contributed by atoms with Gasteiger partial charge in [-0.25, -0.2) is 12.7 Å². The van der Waals surface area contributed by atoms with Crippen LogP contribution >= 0.6 is 0 Å². The van der Waals surface area contributed by atoms with Gasteiger partial charge in [0.05, 0.1) is 0 Å². The van der Waals surface area contributed by atoms with E-state index in [2.05, 4.69) is 0 Å². The van der Waals surface area contributed by atoms with E-state index in [1.165, 1.54) is 18.3 Å². The van der Waals surface area contributed by atoms with Gasteiger partial charge in [0.25, 0.3) is 0 Å². The molecule has 0 heterocycles. The van der Waals surface area contributed by atoms with Gasteiger partial charge in [-0.15, -0.1) is 0 Å². The zero-order chi connectivity index (χ0) is 13.1. The molecule has 1 N–H and O–H groups in total. The van der Waals surface area contributed by atoms with Gasteiger partial charge in [-0.3, -0.25) is 4.79 Å². The Morgan fingerprint density at radius 1 is 1.24 bits per heavy atom. The van der Waals surface area contributed by atoms with Crippen molar-refractivity contribution in [2.75, 3.05) is 7.05 Å². The fourth-order valence-corrected chi connectivity index (χ4v) is 3.59. The predicted molar refractivity (Wildman–Crippen MR) is 65.3 cm³/mol. The summed E-state index contributed by atoms with van der Waals surface area (Å²) in [5.74, 6) is -1.29. The summed E-state index contributed by atoms with van der Waals surface area (Å²) in [4.78, 5) is 10.8. The number of hydrogen-bond acceptors (Lipinski definition) is 3. The molecule has 0 aromatic rings. The molecular formula is C11H21NO4S. The maximum atomic E-state index is 12.0. The van der Waals surface area contributed by atoms with E-state index in [-0.39, 0.29) is 6.04 Å². The normalized spacial score (nSPS) is 21.1. The number of sulfonamides is 1. The number of carboxylic acid groups (broad SMARTS) is 1. The summed E-state index contributed by atoms with van der Waals surface area (Å²) in [6, 6.07) is -0.0377. The van der Waals surface area contributed by atoms with Gasteiger partial charge in [-0.05, 0) is 19.8 Å². The van der Waals surface area contributed by atoms with E-state index in [1.807, 2.05) is 0 Å². The average molecular weight is 263 g/mol. The van der Waals surface area contributed by atoms with Crippen molar-refractivity contribution in [3.8, 4) is 0 Å². The molecular weight excluding hydrogens is 242 g/mol. The molecule has 0 amide bonds. The van der Waals surface area contributed by atoms with Crippen LogP contribution < -0.4 is 0 Å². The molecule has 1 saturated carbocycles. The molecule has 0 aliphatic heterocycles. The molecule has 1 atom stereocenters. The maximum absolute atomic E-state index is 12.0. The van der Waals surface area contributed by atoms with Crippen LogP contribution in [0.3, 0.4) is 0 Å². The van der Waals surface area contributed by atoms with Crippen LogP contribution in [-0.4, -0.2) is 42.1 Å². The Balaban J connectivity index is 2.79. The van der Waals surface area contributed by atoms with Crippen molar-refractivity contribution >= 4 is 16.0 Å². The Morgan fingerprint density at radius 2 is 1.71 bits per heavy atom. The third-order valence-corrected chi connectivity index (χ3v) is 5.73. The molecule has 0 spiro atoms. The smallest absolute Gasteiger partial charge is 0.323 e. The van der Waals surface area contributed by atoms with Gasteiger partial charge in [-0.1, -0.05) is 25.7 Å². The van der Waals surface area contributed by atoms with Gasteiger partial charge in [0, 0.05) is 13.1 Å². The third-order valence-electron chi connectivity index (χ3n) is 3.53. The summed E-state index contributed by atoms with van der Waals surface area (Å²) < 4.78 is 25.3. The summed E-state index contributed by atoms with van der Waals surface area (Å²) in [7, 11) is -2.22. The number of nitrogens with zero attached hydrogens (tertiary/aromatic N) is 1. The fraction of sp³-hybridized carbons (Fsp3) is 0.909. The van der Waals surface area contributed by atoms with Crippen LogP contribution in [0.4, 0.5) is 0 Å². The van der Waals surface area contributed by atoms with Crippen molar-refractivity contribution in [3.63, 3.8) is 0 Å². The first-order valence-electron chi connectivity index (χ1n) is 6.07. The van der Waals surface area contributed by atoms with Crippen molar-refractivity contribution in [2.45, 2.75) is 56.7 Å². The molecule has 0 radical (unpaired) electrons. The summed E-state index contributed by atoms with van der Waals surface area (Å²) in [6.07, 6.45) is 5.99. The van der Waals surface area contributed by atoms with Gasteiger partial charge in [-0.2, -0.15) is 0 Å². The molecule has 0 aromatic carbocycles. The van der Waals surface area contributed by atoms with Gasteiger partial charge < -0.3 is 5.11 Å². The fourth-order valence-electron chi connectivity index (χ4n) is 2.21. The number of aliphatic carboxylic acids is 1. The van der Waals surface area contributed by atoms with Crippen LogP contribution in [0.25, 0.3) is 0 Å². The molecule has 1 aliphatic rings. The van der Waals surface area contributed by atoms with Gasteiger partial charge in [0.15, 0.2) is 5.25 Å². The van der Waals surface area contributed by atoms with Gasteiger partial charge in [0.2, 0.25) is 10.0 Å². The minimum Gasteiger partial charge on any atom is -0.480 e. The summed E-state index contributed by atoms with van der Waals surface area (Å²) in [5, 5.41) is 7.45. The maximum Gasteiger partial charge on any atom is 0.323 e. The van der Waals surface area contributed by atoms with E-state index >= 15 is 0 Å². The van der Waals surface area contributed by atoms with E-state index in [0.29, 0.717) is 0 Å². The van der Waals surface area contributed by atoms with Gasteiger partial charge >= 0.3 is 5.97 Å². The highest BCUT2D eigenvalue weighted by molar-refractivity contribution is 7.90. The van der Waals surface area contributed by atoms with E-state index < -0.39 is 21.2 Å². The number of hydrogen-bond donors (Lipinski definition) is 1. The number of carbonyl (C=O) groups is 1. The molecule has 6 heteroatoms. The highest BCUT2D eigenvalue weighted by Gasteiger charge is 2.35. The number of carboxylic acids is 1. The molecule has 1 aliphatic carbocycles. The minimum atomic E-state index is -3.72. The Bertz CT molecular complexity index is 358. The monoisotopic (exact) mass is 263 g/mol. The second-order valence-electron chi connectivity index (χ2n) is 4.69. The molecule has 100 valence electrons. The van der Waals surface area contributed by atoms with E-state index in [9.17, 15) is 13.2 Å². The molecule has 1 rings (SSSR count). The van der Waals surface area contributed by atoms with Crippen LogP contribution in [0.5, 0.6) is 0 Å². The highest BCUT2D eigenvalue weighted by Crippen LogP contribution is 2.24. The molecule has 1 unspecified atom stereocenters. The van der Waals surface area contributed by atoms with Crippen LogP contribution in [-0.2, 0) is 14.8 Å². The van der Waals surface area contributed by atoms with Crippen molar-refractivity contribution < 1.29 is 18.3 Å². The topological polar surface area (TPSA) is 74.7 Å². The molecule has 0 saturated heterocycles. The lowest BCUT2D eigenvalue weighted by molar-refractivity contribution is -0.136. The Kier molecular flexibility index (Phi) is 4.94.